The number of rotatable bonds is 2. The molecule has 0 saturated carbocycles. The maximum absolute atomic E-state index is 10.3. The van der Waals surface area contributed by atoms with E-state index >= 15 is 0 Å². The standard InChI is InChI=1S/C19H22N2O3/c1-11-12(10-15(24-5)17(23)16(11)22)18-20-13-8-6-7-9-14(13)21(18)19(2,3)4/h6-10,22-23H,1-5H3. The SMILES string of the molecule is COc1cc(-c2nc3ccccc3n2C(C)(C)C)c(C)c(O)c1O. The van der Waals surface area contributed by atoms with Gasteiger partial charge in [-0.15, -0.1) is 0 Å². The molecule has 0 fully saturated rings. The highest BCUT2D eigenvalue weighted by Gasteiger charge is 2.25. The third-order valence-corrected chi connectivity index (χ3v) is 4.18. The van der Waals surface area contributed by atoms with Gasteiger partial charge in [0.2, 0.25) is 5.75 Å². The molecule has 0 spiro atoms. The Morgan fingerprint density at radius 3 is 2.38 bits per heavy atom. The van der Waals surface area contributed by atoms with Crippen molar-refractivity contribution in [3.05, 3.63) is 35.9 Å². The maximum Gasteiger partial charge on any atom is 0.200 e. The predicted molar refractivity (Wildman–Crippen MR) is 94.8 cm³/mol. The van der Waals surface area contributed by atoms with E-state index in [0.717, 1.165) is 22.4 Å². The summed E-state index contributed by atoms with van der Waals surface area (Å²) < 4.78 is 7.33. The van der Waals surface area contributed by atoms with E-state index in [1.165, 1.54) is 7.11 Å². The third-order valence-electron chi connectivity index (χ3n) is 4.18. The molecule has 1 heterocycles. The Hall–Kier alpha value is -2.69. The van der Waals surface area contributed by atoms with E-state index < -0.39 is 0 Å². The van der Waals surface area contributed by atoms with Gasteiger partial charge in [-0.2, -0.15) is 0 Å². The molecule has 126 valence electrons. The van der Waals surface area contributed by atoms with Gasteiger partial charge in [0.05, 0.1) is 18.1 Å². The first-order valence-electron chi connectivity index (χ1n) is 7.83. The largest absolute Gasteiger partial charge is 0.504 e. The molecule has 0 bridgehead atoms. The van der Waals surface area contributed by atoms with Crippen LogP contribution >= 0.6 is 0 Å². The Morgan fingerprint density at radius 2 is 1.75 bits per heavy atom. The topological polar surface area (TPSA) is 67.5 Å². The minimum absolute atomic E-state index is 0.183. The lowest BCUT2D eigenvalue weighted by atomic mass is 10.0. The third kappa shape index (κ3) is 2.37. The van der Waals surface area contributed by atoms with E-state index in [9.17, 15) is 10.2 Å². The number of aromatic nitrogens is 2. The van der Waals surface area contributed by atoms with Crippen molar-refractivity contribution in [2.45, 2.75) is 33.2 Å². The lowest BCUT2D eigenvalue weighted by molar-refractivity contribution is 0.350. The molecule has 3 rings (SSSR count). The molecule has 0 atom stereocenters. The van der Waals surface area contributed by atoms with Gasteiger partial charge in [0.15, 0.2) is 11.5 Å². The second kappa shape index (κ2) is 5.44. The van der Waals surface area contributed by atoms with E-state index in [-0.39, 0.29) is 22.8 Å². The first-order valence-corrected chi connectivity index (χ1v) is 7.83. The molecule has 2 aromatic carbocycles. The maximum atomic E-state index is 10.3. The molecule has 0 saturated heterocycles. The zero-order valence-electron chi connectivity index (χ0n) is 14.6. The lowest BCUT2D eigenvalue weighted by Gasteiger charge is -2.25. The molecule has 2 N–H and O–H groups in total. The number of phenolic OH excluding ortho intramolecular Hbond substituents is 2. The minimum atomic E-state index is -0.253. The van der Waals surface area contributed by atoms with E-state index in [4.69, 9.17) is 9.72 Å². The molecule has 1 aromatic heterocycles. The van der Waals surface area contributed by atoms with Gasteiger partial charge in [0, 0.05) is 16.7 Å². The number of hydrogen-bond donors (Lipinski definition) is 2. The van der Waals surface area contributed by atoms with Gasteiger partial charge < -0.3 is 19.5 Å². The number of nitrogens with zero attached hydrogens (tertiary/aromatic N) is 2. The molecule has 0 aliphatic carbocycles. The molecule has 0 aliphatic rings. The summed E-state index contributed by atoms with van der Waals surface area (Å²) in [6.45, 7) is 8.09. The van der Waals surface area contributed by atoms with Crippen molar-refractivity contribution < 1.29 is 14.9 Å². The second-order valence-corrected chi connectivity index (χ2v) is 6.88. The first kappa shape index (κ1) is 16.2. The molecule has 0 amide bonds. The Kier molecular flexibility index (Phi) is 3.67. The molecule has 5 nitrogen and oxygen atoms in total. The summed E-state index contributed by atoms with van der Waals surface area (Å²) in [4.78, 5) is 4.77. The van der Waals surface area contributed by atoms with E-state index in [2.05, 4.69) is 25.3 Å². The number of para-hydroxylation sites is 2. The number of phenols is 2. The number of fused-ring (bicyclic) bond motifs is 1. The van der Waals surface area contributed by atoms with Crippen molar-refractivity contribution in [1.29, 1.82) is 0 Å². The Bertz CT molecular complexity index is 920. The quantitative estimate of drug-likeness (QED) is 0.693. The van der Waals surface area contributed by atoms with Gasteiger partial charge >= 0.3 is 0 Å². The fraction of sp³-hybridized carbons (Fsp3) is 0.316. The van der Waals surface area contributed by atoms with Crippen LogP contribution in [-0.2, 0) is 5.54 Å². The fourth-order valence-corrected chi connectivity index (χ4v) is 3.00. The molecule has 24 heavy (non-hydrogen) atoms. The van der Waals surface area contributed by atoms with Crippen molar-refractivity contribution in [2.75, 3.05) is 7.11 Å². The van der Waals surface area contributed by atoms with Gasteiger partial charge in [-0.3, -0.25) is 0 Å². The van der Waals surface area contributed by atoms with Gasteiger partial charge in [-0.05, 0) is 45.9 Å². The lowest BCUT2D eigenvalue weighted by Crippen LogP contribution is -2.22. The van der Waals surface area contributed by atoms with E-state index in [0.29, 0.717) is 5.56 Å². The summed E-state index contributed by atoms with van der Waals surface area (Å²) in [5, 5.41) is 20.3. The average Bonchev–Trinajstić information content (AvgIpc) is 2.92. The molecule has 0 radical (unpaired) electrons. The monoisotopic (exact) mass is 326 g/mol. The van der Waals surface area contributed by atoms with Crippen LogP contribution in [0.15, 0.2) is 30.3 Å². The molecule has 0 unspecified atom stereocenters. The number of ether oxygens (including phenoxy) is 1. The van der Waals surface area contributed by atoms with Crippen molar-refractivity contribution in [3.8, 4) is 28.6 Å². The second-order valence-electron chi connectivity index (χ2n) is 6.88. The van der Waals surface area contributed by atoms with Crippen LogP contribution in [0.3, 0.4) is 0 Å². The van der Waals surface area contributed by atoms with Gasteiger partial charge in [0.25, 0.3) is 0 Å². The average molecular weight is 326 g/mol. The Labute approximate surface area is 141 Å². The number of benzene rings is 2. The Balaban J connectivity index is 2.41. The number of hydrogen-bond acceptors (Lipinski definition) is 4. The Morgan fingerprint density at radius 1 is 1.08 bits per heavy atom. The van der Waals surface area contributed by atoms with Gasteiger partial charge in [-0.1, -0.05) is 12.1 Å². The van der Waals surface area contributed by atoms with Crippen LogP contribution < -0.4 is 4.74 Å². The predicted octanol–water partition coefficient (Wildman–Crippen LogP) is 4.19. The summed E-state index contributed by atoms with van der Waals surface area (Å²) in [6, 6.07) is 9.65. The smallest absolute Gasteiger partial charge is 0.200 e. The molecule has 0 aliphatic heterocycles. The summed E-state index contributed by atoms with van der Waals surface area (Å²) in [7, 11) is 1.46. The number of aromatic hydroxyl groups is 2. The van der Waals surface area contributed by atoms with Crippen LogP contribution in [0.4, 0.5) is 0 Å². The summed E-state index contributed by atoms with van der Waals surface area (Å²) in [5.74, 6) is 0.518. The summed E-state index contributed by atoms with van der Waals surface area (Å²) in [5.41, 5.74) is 2.99. The number of imidazole rings is 1. The highest BCUT2D eigenvalue weighted by atomic mass is 16.5. The zero-order valence-corrected chi connectivity index (χ0v) is 14.6. The van der Waals surface area contributed by atoms with Crippen LogP contribution in [0.2, 0.25) is 0 Å². The highest BCUT2D eigenvalue weighted by Crippen LogP contribution is 2.44. The van der Waals surface area contributed by atoms with Crippen molar-refractivity contribution >= 4 is 11.0 Å². The van der Waals surface area contributed by atoms with Crippen LogP contribution in [-0.4, -0.2) is 26.9 Å². The van der Waals surface area contributed by atoms with Crippen molar-refractivity contribution in [2.24, 2.45) is 0 Å². The normalized spacial score (nSPS) is 11.9. The number of methoxy groups -OCH3 is 1. The molecular weight excluding hydrogens is 304 g/mol. The van der Waals surface area contributed by atoms with Gasteiger partial charge in [-0.25, -0.2) is 4.98 Å². The summed E-state index contributed by atoms with van der Waals surface area (Å²) in [6.07, 6.45) is 0. The van der Waals surface area contributed by atoms with Crippen molar-refractivity contribution in [3.63, 3.8) is 0 Å². The first-order chi connectivity index (χ1) is 11.3. The van der Waals surface area contributed by atoms with Crippen LogP contribution in [0.1, 0.15) is 26.3 Å². The van der Waals surface area contributed by atoms with E-state index in [1.54, 1.807) is 13.0 Å². The molecular formula is C19H22N2O3. The van der Waals surface area contributed by atoms with Crippen LogP contribution in [0.25, 0.3) is 22.4 Å². The molecule has 3 aromatic rings. The summed E-state index contributed by atoms with van der Waals surface area (Å²) >= 11 is 0. The molecule has 5 heteroatoms. The van der Waals surface area contributed by atoms with Gasteiger partial charge in [0.1, 0.15) is 5.82 Å². The minimum Gasteiger partial charge on any atom is -0.504 e. The van der Waals surface area contributed by atoms with E-state index in [1.807, 2.05) is 24.3 Å². The van der Waals surface area contributed by atoms with Crippen molar-refractivity contribution in [1.82, 2.24) is 9.55 Å². The highest BCUT2D eigenvalue weighted by molar-refractivity contribution is 5.83. The fourth-order valence-electron chi connectivity index (χ4n) is 3.00. The van der Waals surface area contributed by atoms with Crippen LogP contribution in [0.5, 0.6) is 17.2 Å². The van der Waals surface area contributed by atoms with Crippen LogP contribution in [0, 0.1) is 6.92 Å². The zero-order chi connectivity index (χ0) is 17.6.